The Labute approximate surface area is 92.6 Å². The first-order chi connectivity index (χ1) is 7.49. The fraction of sp³-hybridized carbons (Fsp3) is 0.182. The number of ketones is 2. The van der Waals surface area contributed by atoms with Crippen molar-refractivity contribution >= 4 is 17.5 Å². The number of carbonyl (C=O) groups is 3. The predicted molar refractivity (Wildman–Crippen MR) is 55.8 cm³/mol. The van der Waals surface area contributed by atoms with E-state index in [2.05, 4.69) is 4.89 Å². The minimum absolute atomic E-state index is 0.338. The van der Waals surface area contributed by atoms with Crippen LogP contribution in [0.2, 0.25) is 0 Å². The number of carbonyl (C=O) groups excluding carboxylic acids is 3. The normalized spacial score (nSPS) is 8.44. The number of rotatable bonds is 2. The summed E-state index contributed by atoms with van der Waals surface area (Å²) in [6.45, 7) is 2.50. The van der Waals surface area contributed by atoms with E-state index in [1.165, 1.54) is 13.8 Å². The molecule has 0 saturated carbocycles. The maximum absolute atomic E-state index is 10.5. The summed E-state index contributed by atoms with van der Waals surface area (Å²) in [6.07, 6.45) is 0. The van der Waals surface area contributed by atoms with Gasteiger partial charge < -0.3 is 0 Å². The molecule has 0 fully saturated rings. The van der Waals surface area contributed by atoms with Gasteiger partial charge in [0.15, 0.2) is 11.6 Å². The van der Waals surface area contributed by atoms with Crippen molar-refractivity contribution in [1.82, 2.24) is 0 Å². The number of hydrogen-bond donors (Lipinski definition) is 1. The third kappa shape index (κ3) is 5.66. The average Bonchev–Trinajstić information content (AvgIpc) is 2.30. The van der Waals surface area contributed by atoms with E-state index in [4.69, 9.17) is 5.26 Å². The molecule has 0 aliphatic rings. The smallest absolute Gasteiger partial charge is 0.296 e. The lowest BCUT2D eigenvalue weighted by atomic mass is 10.2. The second-order valence-corrected chi connectivity index (χ2v) is 2.86. The quantitative estimate of drug-likeness (QED) is 0.467. The van der Waals surface area contributed by atoms with E-state index >= 15 is 0 Å². The standard InChI is InChI=1S/C7H6O3.C4H6O2/c8-7(10-9)6-4-2-1-3-5-6;1-3(5)4(2)6/h1-5,9H;1-2H3. The van der Waals surface area contributed by atoms with E-state index in [-0.39, 0.29) is 11.6 Å². The highest BCUT2D eigenvalue weighted by molar-refractivity contribution is 6.35. The second-order valence-electron chi connectivity index (χ2n) is 2.86. The maximum atomic E-state index is 10.5. The third-order valence-corrected chi connectivity index (χ3v) is 1.59. The van der Waals surface area contributed by atoms with Crippen LogP contribution < -0.4 is 0 Å². The van der Waals surface area contributed by atoms with Crippen LogP contribution in [-0.2, 0) is 14.5 Å². The fourth-order valence-corrected chi connectivity index (χ4v) is 0.627. The molecule has 0 aliphatic heterocycles. The highest BCUT2D eigenvalue weighted by Gasteiger charge is 2.02. The molecule has 0 saturated heterocycles. The molecular formula is C11H12O5. The lowest BCUT2D eigenvalue weighted by molar-refractivity contribution is -0.182. The van der Waals surface area contributed by atoms with Crippen LogP contribution in [0.5, 0.6) is 0 Å². The lowest BCUT2D eigenvalue weighted by Gasteiger charge is -1.92. The van der Waals surface area contributed by atoms with Crippen molar-refractivity contribution in [2.45, 2.75) is 13.8 Å². The Kier molecular flexibility index (Phi) is 6.39. The summed E-state index contributed by atoms with van der Waals surface area (Å²) in [7, 11) is 0. The molecule has 5 nitrogen and oxygen atoms in total. The zero-order chi connectivity index (χ0) is 12.6. The Morgan fingerprint density at radius 1 is 1.00 bits per heavy atom. The van der Waals surface area contributed by atoms with Gasteiger partial charge in [0.05, 0.1) is 5.56 Å². The molecule has 16 heavy (non-hydrogen) atoms. The highest BCUT2D eigenvalue weighted by Crippen LogP contribution is 1.98. The maximum Gasteiger partial charge on any atom is 0.372 e. The summed E-state index contributed by atoms with van der Waals surface area (Å²) in [5, 5.41) is 7.94. The van der Waals surface area contributed by atoms with Crippen LogP contribution in [-0.4, -0.2) is 22.8 Å². The molecule has 0 heterocycles. The largest absolute Gasteiger partial charge is 0.372 e. The van der Waals surface area contributed by atoms with Gasteiger partial charge in [0.1, 0.15) is 0 Å². The summed E-state index contributed by atoms with van der Waals surface area (Å²) in [4.78, 5) is 33.6. The van der Waals surface area contributed by atoms with Gasteiger partial charge in [-0.05, 0) is 12.1 Å². The Morgan fingerprint density at radius 3 is 1.75 bits per heavy atom. The SMILES string of the molecule is CC(=O)C(C)=O.O=C(OO)c1ccccc1. The van der Waals surface area contributed by atoms with E-state index < -0.39 is 5.97 Å². The van der Waals surface area contributed by atoms with Gasteiger partial charge in [-0.25, -0.2) is 4.79 Å². The predicted octanol–water partition coefficient (Wildman–Crippen LogP) is 1.48. The first-order valence-electron chi connectivity index (χ1n) is 4.41. The minimum atomic E-state index is -0.736. The molecule has 0 unspecified atom stereocenters. The van der Waals surface area contributed by atoms with Crippen molar-refractivity contribution in [3.05, 3.63) is 35.9 Å². The molecule has 0 bridgehead atoms. The minimum Gasteiger partial charge on any atom is -0.296 e. The average molecular weight is 224 g/mol. The Morgan fingerprint density at radius 2 is 1.44 bits per heavy atom. The Balaban J connectivity index is 0.000000325. The summed E-state index contributed by atoms with van der Waals surface area (Å²) in [5.74, 6) is -1.49. The molecule has 0 atom stereocenters. The fourth-order valence-electron chi connectivity index (χ4n) is 0.627. The zero-order valence-corrected chi connectivity index (χ0v) is 8.97. The van der Waals surface area contributed by atoms with Crippen LogP contribution >= 0.6 is 0 Å². The lowest BCUT2D eigenvalue weighted by Crippen LogP contribution is -2.01. The van der Waals surface area contributed by atoms with Crippen molar-refractivity contribution in [3.63, 3.8) is 0 Å². The van der Waals surface area contributed by atoms with Crippen molar-refractivity contribution < 1.29 is 24.5 Å². The molecule has 0 amide bonds. The molecule has 86 valence electrons. The van der Waals surface area contributed by atoms with E-state index in [0.717, 1.165) is 0 Å². The van der Waals surface area contributed by atoms with Gasteiger partial charge in [-0.15, -0.1) is 0 Å². The first kappa shape index (κ1) is 14.0. The van der Waals surface area contributed by atoms with Gasteiger partial charge in [-0.1, -0.05) is 18.2 Å². The molecular weight excluding hydrogens is 212 g/mol. The number of benzene rings is 1. The number of Topliss-reactive ketones (excluding diaryl/α,β-unsaturated/α-hetero) is 2. The van der Waals surface area contributed by atoms with Gasteiger partial charge in [0, 0.05) is 13.8 Å². The zero-order valence-electron chi connectivity index (χ0n) is 8.97. The molecule has 0 spiro atoms. The van der Waals surface area contributed by atoms with E-state index in [0.29, 0.717) is 5.56 Å². The van der Waals surface area contributed by atoms with E-state index in [1.54, 1.807) is 30.3 Å². The topological polar surface area (TPSA) is 80.7 Å². The van der Waals surface area contributed by atoms with Crippen LogP contribution in [0.1, 0.15) is 24.2 Å². The van der Waals surface area contributed by atoms with Crippen LogP contribution in [0.25, 0.3) is 0 Å². The van der Waals surface area contributed by atoms with E-state index in [9.17, 15) is 14.4 Å². The van der Waals surface area contributed by atoms with Crippen molar-refractivity contribution in [1.29, 1.82) is 0 Å². The van der Waals surface area contributed by atoms with Crippen molar-refractivity contribution in [2.75, 3.05) is 0 Å². The van der Waals surface area contributed by atoms with Crippen LogP contribution in [0.3, 0.4) is 0 Å². The van der Waals surface area contributed by atoms with Gasteiger partial charge in [0.2, 0.25) is 0 Å². The Bertz CT molecular complexity index is 357. The molecule has 0 aliphatic carbocycles. The highest BCUT2D eigenvalue weighted by atomic mass is 17.1. The summed E-state index contributed by atoms with van der Waals surface area (Å²) >= 11 is 0. The number of hydrogen-bond acceptors (Lipinski definition) is 5. The monoisotopic (exact) mass is 224 g/mol. The molecule has 1 aromatic rings. The second kappa shape index (κ2) is 7.30. The molecule has 1 rings (SSSR count). The molecule has 1 aromatic carbocycles. The summed E-state index contributed by atoms with van der Waals surface area (Å²) in [5.41, 5.74) is 0.338. The van der Waals surface area contributed by atoms with Gasteiger partial charge in [0.25, 0.3) is 0 Å². The molecule has 5 heteroatoms. The Hall–Kier alpha value is -2.01. The van der Waals surface area contributed by atoms with E-state index in [1.807, 2.05) is 0 Å². The van der Waals surface area contributed by atoms with Crippen LogP contribution in [0.4, 0.5) is 0 Å². The van der Waals surface area contributed by atoms with Crippen molar-refractivity contribution in [2.24, 2.45) is 0 Å². The van der Waals surface area contributed by atoms with Crippen LogP contribution in [0.15, 0.2) is 30.3 Å². The van der Waals surface area contributed by atoms with Gasteiger partial charge in [-0.3, -0.25) is 14.5 Å². The summed E-state index contributed by atoms with van der Waals surface area (Å²) < 4.78 is 0. The van der Waals surface area contributed by atoms with Gasteiger partial charge in [-0.2, -0.15) is 5.26 Å². The third-order valence-electron chi connectivity index (χ3n) is 1.59. The summed E-state index contributed by atoms with van der Waals surface area (Å²) in [6, 6.07) is 8.25. The van der Waals surface area contributed by atoms with Crippen LogP contribution in [0, 0.1) is 0 Å². The van der Waals surface area contributed by atoms with Gasteiger partial charge >= 0.3 is 5.97 Å². The molecule has 0 aromatic heterocycles. The molecule has 1 N–H and O–H groups in total. The molecule has 0 radical (unpaired) electrons. The van der Waals surface area contributed by atoms with Crippen molar-refractivity contribution in [3.8, 4) is 0 Å². The first-order valence-corrected chi connectivity index (χ1v) is 4.41.